The van der Waals surface area contributed by atoms with Gasteiger partial charge in [-0.2, -0.15) is 18.4 Å². The number of nitrogens with zero attached hydrogens (tertiary/aromatic N) is 2. The van der Waals surface area contributed by atoms with Crippen LogP contribution in [0.3, 0.4) is 0 Å². The summed E-state index contributed by atoms with van der Waals surface area (Å²) in [5.74, 6) is -0.374. The molecule has 0 aliphatic carbocycles. The van der Waals surface area contributed by atoms with E-state index in [0.717, 1.165) is 17.0 Å². The Bertz CT molecular complexity index is 923. The molecule has 1 N–H and O–H groups in total. The molecule has 2 amide bonds. The van der Waals surface area contributed by atoms with Gasteiger partial charge in [-0.3, -0.25) is 4.79 Å². The van der Waals surface area contributed by atoms with E-state index < -0.39 is 52.3 Å². The molecule has 1 aliphatic heterocycles. The van der Waals surface area contributed by atoms with E-state index in [1.54, 1.807) is 34.6 Å². The standard InChI is InChI=1S/C23H29F4N3O3S/c1-21(2,3)33-20(32)29-18(19(31)30-12-16(24)10-17(30)11-28)22(4,5)34-13-14-6-8-15(9-7-14)23(25,26)27/h6-9,16-18H,10,12-13H2,1-5H3,(H,29,32)/t16-,17-,18+/m0/s1. The number of nitrogens with one attached hydrogen (secondary N) is 1. The third kappa shape index (κ3) is 7.52. The van der Waals surface area contributed by atoms with Crippen LogP contribution in [0.2, 0.25) is 0 Å². The summed E-state index contributed by atoms with van der Waals surface area (Å²) in [6, 6.07) is 4.45. The Hall–Kier alpha value is -2.48. The lowest BCUT2D eigenvalue weighted by molar-refractivity contribution is -0.137. The van der Waals surface area contributed by atoms with Crippen LogP contribution in [0.5, 0.6) is 0 Å². The van der Waals surface area contributed by atoms with Crippen molar-refractivity contribution in [2.75, 3.05) is 6.54 Å². The van der Waals surface area contributed by atoms with Crippen LogP contribution in [0, 0.1) is 11.3 Å². The van der Waals surface area contributed by atoms with E-state index in [-0.39, 0.29) is 18.7 Å². The number of carbonyl (C=O) groups is 2. The van der Waals surface area contributed by atoms with Crippen LogP contribution in [-0.4, -0.2) is 52.0 Å². The van der Waals surface area contributed by atoms with E-state index in [0.29, 0.717) is 5.56 Å². The number of nitriles is 1. The fraction of sp³-hybridized carbons (Fsp3) is 0.609. The first-order valence-electron chi connectivity index (χ1n) is 10.7. The zero-order valence-electron chi connectivity index (χ0n) is 19.7. The van der Waals surface area contributed by atoms with Gasteiger partial charge in [0, 0.05) is 16.9 Å². The van der Waals surface area contributed by atoms with Gasteiger partial charge in [0.1, 0.15) is 23.9 Å². The van der Waals surface area contributed by atoms with Crippen LogP contribution >= 0.6 is 11.8 Å². The Morgan fingerprint density at radius 1 is 1.21 bits per heavy atom. The Morgan fingerprint density at radius 2 is 1.79 bits per heavy atom. The topological polar surface area (TPSA) is 82.4 Å². The molecule has 188 valence electrons. The molecule has 0 spiro atoms. The SMILES string of the molecule is CC(C)(C)OC(=O)N[C@H](C(=O)N1C[C@@H](F)C[C@H]1C#N)C(C)(C)SCc1ccc(C(F)(F)F)cc1. The number of hydrogen-bond acceptors (Lipinski definition) is 5. The molecule has 3 atom stereocenters. The highest BCUT2D eigenvalue weighted by atomic mass is 32.2. The average Bonchev–Trinajstić information content (AvgIpc) is 3.09. The predicted octanol–water partition coefficient (Wildman–Crippen LogP) is 5.07. The van der Waals surface area contributed by atoms with Crippen molar-refractivity contribution in [2.45, 2.75) is 81.6 Å². The normalized spacial score (nSPS) is 19.9. The number of rotatable bonds is 6. The minimum atomic E-state index is -4.44. The van der Waals surface area contributed by atoms with Gasteiger partial charge < -0.3 is 15.0 Å². The summed E-state index contributed by atoms with van der Waals surface area (Å²) >= 11 is 1.23. The lowest BCUT2D eigenvalue weighted by Crippen LogP contribution is -2.58. The molecule has 1 aliphatic rings. The molecule has 1 heterocycles. The number of amides is 2. The van der Waals surface area contributed by atoms with Crippen molar-refractivity contribution in [2.24, 2.45) is 0 Å². The van der Waals surface area contributed by atoms with E-state index in [1.807, 2.05) is 6.07 Å². The molecule has 1 fully saturated rings. The van der Waals surface area contributed by atoms with Crippen LogP contribution in [-0.2, 0) is 21.5 Å². The number of carbonyl (C=O) groups excluding carboxylic acids is 2. The van der Waals surface area contributed by atoms with Crippen molar-refractivity contribution in [3.8, 4) is 6.07 Å². The van der Waals surface area contributed by atoms with Crippen molar-refractivity contribution in [3.05, 3.63) is 35.4 Å². The Morgan fingerprint density at radius 3 is 2.29 bits per heavy atom. The number of benzene rings is 1. The lowest BCUT2D eigenvalue weighted by Gasteiger charge is -2.36. The number of alkyl carbamates (subject to hydrolysis) is 1. The van der Waals surface area contributed by atoms with Gasteiger partial charge in [0.2, 0.25) is 5.91 Å². The van der Waals surface area contributed by atoms with Gasteiger partial charge in [0.05, 0.1) is 18.2 Å². The molecule has 0 radical (unpaired) electrons. The molecule has 6 nitrogen and oxygen atoms in total. The quantitative estimate of drug-likeness (QED) is 0.548. The highest BCUT2D eigenvalue weighted by Crippen LogP contribution is 2.35. The van der Waals surface area contributed by atoms with Crippen molar-refractivity contribution in [1.29, 1.82) is 5.26 Å². The van der Waals surface area contributed by atoms with Gasteiger partial charge in [-0.05, 0) is 52.3 Å². The van der Waals surface area contributed by atoms with Gasteiger partial charge in [0.25, 0.3) is 0 Å². The summed E-state index contributed by atoms with van der Waals surface area (Å²) in [5, 5.41) is 11.9. The van der Waals surface area contributed by atoms with E-state index in [4.69, 9.17) is 4.74 Å². The largest absolute Gasteiger partial charge is 0.444 e. The Balaban J connectivity index is 2.24. The summed E-state index contributed by atoms with van der Waals surface area (Å²) in [4.78, 5) is 27.0. The van der Waals surface area contributed by atoms with Crippen molar-refractivity contribution in [3.63, 3.8) is 0 Å². The van der Waals surface area contributed by atoms with Crippen molar-refractivity contribution in [1.82, 2.24) is 10.2 Å². The number of halogens is 4. The Kier molecular flexibility index (Phi) is 8.51. The second-order valence-corrected chi connectivity index (χ2v) is 11.3. The minimum Gasteiger partial charge on any atom is -0.444 e. The molecular weight excluding hydrogens is 474 g/mol. The van der Waals surface area contributed by atoms with Crippen molar-refractivity contribution < 1.29 is 31.9 Å². The molecule has 1 aromatic rings. The summed E-state index contributed by atoms with van der Waals surface area (Å²) in [7, 11) is 0. The smallest absolute Gasteiger partial charge is 0.416 e. The van der Waals surface area contributed by atoms with Crippen LogP contribution in [0.1, 0.15) is 52.2 Å². The van der Waals surface area contributed by atoms with Crippen LogP contribution in [0.4, 0.5) is 22.4 Å². The fourth-order valence-electron chi connectivity index (χ4n) is 3.42. The van der Waals surface area contributed by atoms with Crippen LogP contribution in [0.15, 0.2) is 24.3 Å². The molecule has 0 bridgehead atoms. The number of hydrogen-bond donors (Lipinski definition) is 1. The third-order valence-electron chi connectivity index (χ3n) is 5.18. The number of alkyl halides is 4. The summed E-state index contributed by atoms with van der Waals surface area (Å²) < 4.78 is 56.7. The highest BCUT2D eigenvalue weighted by molar-refractivity contribution is 7.99. The highest BCUT2D eigenvalue weighted by Gasteiger charge is 2.45. The monoisotopic (exact) mass is 503 g/mol. The summed E-state index contributed by atoms with van der Waals surface area (Å²) in [6.45, 7) is 8.09. The first kappa shape index (κ1) is 27.8. The average molecular weight is 504 g/mol. The van der Waals surface area contributed by atoms with Gasteiger partial charge >= 0.3 is 12.3 Å². The first-order chi connectivity index (χ1) is 15.5. The maximum Gasteiger partial charge on any atom is 0.416 e. The molecular formula is C23H29F4N3O3S. The van der Waals surface area contributed by atoms with Crippen molar-refractivity contribution >= 4 is 23.8 Å². The second-order valence-electron chi connectivity index (χ2n) is 9.63. The van der Waals surface area contributed by atoms with Crippen LogP contribution in [0.25, 0.3) is 0 Å². The van der Waals surface area contributed by atoms with Crippen LogP contribution < -0.4 is 5.32 Å². The molecule has 0 aromatic heterocycles. The van der Waals surface area contributed by atoms with Gasteiger partial charge in [-0.25, -0.2) is 9.18 Å². The number of thioether (sulfide) groups is 1. The first-order valence-corrected chi connectivity index (χ1v) is 11.7. The number of ether oxygens (including phenoxy) is 1. The summed E-state index contributed by atoms with van der Waals surface area (Å²) in [6.07, 6.45) is -6.75. The molecule has 1 saturated heterocycles. The van der Waals surface area contributed by atoms with E-state index in [2.05, 4.69) is 5.32 Å². The summed E-state index contributed by atoms with van der Waals surface area (Å²) in [5.41, 5.74) is -1.01. The Labute approximate surface area is 201 Å². The van der Waals surface area contributed by atoms with E-state index in [9.17, 15) is 32.4 Å². The molecule has 11 heteroatoms. The van der Waals surface area contributed by atoms with E-state index in [1.165, 1.54) is 23.9 Å². The molecule has 2 rings (SSSR count). The predicted molar refractivity (Wildman–Crippen MR) is 121 cm³/mol. The van der Waals surface area contributed by atoms with Gasteiger partial charge in [-0.15, -0.1) is 11.8 Å². The zero-order valence-corrected chi connectivity index (χ0v) is 20.5. The second kappa shape index (κ2) is 10.4. The molecule has 0 unspecified atom stereocenters. The molecule has 34 heavy (non-hydrogen) atoms. The maximum absolute atomic E-state index is 14.0. The van der Waals surface area contributed by atoms with Gasteiger partial charge in [-0.1, -0.05) is 12.1 Å². The van der Waals surface area contributed by atoms with E-state index >= 15 is 0 Å². The fourth-order valence-corrected chi connectivity index (χ4v) is 4.47. The molecule has 0 saturated carbocycles. The number of likely N-dealkylation sites (tertiary alicyclic amines) is 1. The lowest BCUT2D eigenvalue weighted by atomic mass is 10.0. The van der Waals surface area contributed by atoms with Gasteiger partial charge in [0.15, 0.2) is 0 Å². The minimum absolute atomic E-state index is 0.111. The third-order valence-corrected chi connectivity index (χ3v) is 6.63. The maximum atomic E-state index is 14.0. The zero-order chi connectivity index (χ0) is 25.9. The molecule has 1 aromatic carbocycles.